The van der Waals surface area contributed by atoms with Crippen LogP contribution in [-0.2, 0) is 4.79 Å². The van der Waals surface area contributed by atoms with Crippen LogP contribution < -0.4 is 10.2 Å². The molecule has 0 spiro atoms. The van der Waals surface area contributed by atoms with Gasteiger partial charge in [0.2, 0.25) is 5.91 Å². The van der Waals surface area contributed by atoms with Crippen molar-refractivity contribution in [2.24, 2.45) is 0 Å². The van der Waals surface area contributed by atoms with Gasteiger partial charge in [-0.05, 0) is 32.9 Å². The number of para-hydroxylation sites is 1. The number of amides is 1. The number of carbonyl (C=O) groups excluding carboxylic acids is 2. The number of rotatable bonds is 2. The van der Waals surface area contributed by atoms with Gasteiger partial charge in [0.1, 0.15) is 11.4 Å². The van der Waals surface area contributed by atoms with Gasteiger partial charge < -0.3 is 10.2 Å². The lowest BCUT2D eigenvalue weighted by molar-refractivity contribution is -0.126. The zero-order valence-corrected chi connectivity index (χ0v) is 11.3. The Balaban J connectivity index is 2.58. The molecule has 0 atom stereocenters. The number of ketones is 1. The molecule has 1 saturated heterocycles. The molecule has 0 unspecified atom stereocenters. The maximum Gasteiger partial charge on any atom is 0.245 e. The highest BCUT2D eigenvalue weighted by molar-refractivity contribution is 6.01. The molecule has 1 aromatic rings. The second kappa shape index (κ2) is 4.64. The van der Waals surface area contributed by atoms with E-state index in [9.17, 15) is 14.0 Å². The van der Waals surface area contributed by atoms with E-state index in [0.29, 0.717) is 18.7 Å². The van der Waals surface area contributed by atoms with E-state index in [1.165, 1.54) is 19.1 Å². The molecule has 1 fully saturated rings. The Morgan fingerprint density at radius 3 is 2.74 bits per heavy atom. The Bertz CT molecular complexity index is 540. The van der Waals surface area contributed by atoms with Gasteiger partial charge in [-0.1, -0.05) is 6.07 Å². The molecule has 2 rings (SSSR count). The number of anilines is 1. The van der Waals surface area contributed by atoms with Crippen LogP contribution in [0.3, 0.4) is 0 Å². The number of hydrogen-bond donors (Lipinski definition) is 1. The molecule has 19 heavy (non-hydrogen) atoms. The van der Waals surface area contributed by atoms with E-state index in [1.54, 1.807) is 24.8 Å². The van der Waals surface area contributed by atoms with Crippen molar-refractivity contribution in [3.05, 3.63) is 29.6 Å². The molecule has 1 aromatic carbocycles. The lowest BCUT2D eigenvalue weighted by Gasteiger charge is -2.43. The van der Waals surface area contributed by atoms with Crippen LogP contribution in [-0.4, -0.2) is 30.3 Å². The van der Waals surface area contributed by atoms with E-state index in [2.05, 4.69) is 5.32 Å². The highest BCUT2D eigenvalue weighted by Gasteiger charge is 2.39. The van der Waals surface area contributed by atoms with Crippen molar-refractivity contribution in [1.29, 1.82) is 0 Å². The highest BCUT2D eigenvalue weighted by atomic mass is 19.1. The first-order valence-electron chi connectivity index (χ1n) is 6.21. The summed E-state index contributed by atoms with van der Waals surface area (Å²) in [4.78, 5) is 25.3. The Labute approximate surface area is 111 Å². The number of halogens is 1. The van der Waals surface area contributed by atoms with Crippen LogP contribution in [0, 0.1) is 5.82 Å². The third-order valence-electron chi connectivity index (χ3n) is 3.49. The minimum atomic E-state index is -0.884. The van der Waals surface area contributed by atoms with Crippen molar-refractivity contribution >= 4 is 17.4 Å². The number of nitrogens with one attached hydrogen (secondary N) is 1. The number of hydrogen-bond acceptors (Lipinski definition) is 3. The number of piperazine rings is 1. The lowest BCUT2D eigenvalue weighted by Crippen LogP contribution is -2.62. The third kappa shape index (κ3) is 2.20. The SMILES string of the molecule is CC(=O)c1cccc(F)c1N1CCNC(=O)C1(C)C. The maximum atomic E-state index is 14.1. The smallest absolute Gasteiger partial charge is 0.245 e. The van der Waals surface area contributed by atoms with Crippen LogP contribution in [0.1, 0.15) is 31.1 Å². The van der Waals surface area contributed by atoms with Crippen LogP contribution in [0.4, 0.5) is 10.1 Å². The standard InChI is InChI=1S/C14H17FN2O2/c1-9(18)10-5-4-6-11(15)12(10)17-8-7-16-13(19)14(17,2)3/h4-6H,7-8H2,1-3H3,(H,16,19). The largest absolute Gasteiger partial charge is 0.353 e. The second-order valence-electron chi connectivity index (χ2n) is 5.16. The van der Waals surface area contributed by atoms with Crippen LogP contribution in [0.5, 0.6) is 0 Å². The van der Waals surface area contributed by atoms with Crippen molar-refractivity contribution < 1.29 is 14.0 Å². The number of carbonyl (C=O) groups is 2. The highest BCUT2D eigenvalue weighted by Crippen LogP contribution is 2.32. The van der Waals surface area contributed by atoms with Gasteiger partial charge in [-0.25, -0.2) is 4.39 Å². The molecule has 0 aromatic heterocycles. The summed E-state index contributed by atoms with van der Waals surface area (Å²) < 4.78 is 14.1. The van der Waals surface area contributed by atoms with Gasteiger partial charge >= 0.3 is 0 Å². The van der Waals surface area contributed by atoms with Crippen molar-refractivity contribution in [2.45, 2.75) is 26.3 Å². The average molecular weight is 264 g/mol. The van der Waals surface area contributed by atoms with E-state index < -0.39 is 11.4 Å². The zero-order valence-electron chi connectivity index (χ0n) is 11.3. The molecular weight excluding hydrogens is 247 g/mol. The molecule has 5 heteroatoms. The summed E-state index contributed by atoms with van der Waals surface area (Å²) in [5, 5.41) is 2.75. The Kier molecular flexibility index (Phi) is 3.30. The fraction of sp³-hybridized carbons (Fsp3) is 0.429. The van der Waals surface area contributed by atoms with E-state index >= 15 is 0 Å². The molecule has 0 aliphatic carbocycles. The van der Waals surface area contributed by atoms with Crippen LogP contribution in [0.2, 0.25) is 0 Å². The van der Waals surface area contributed by atoms with E-state index in [1.807, 2.05) is 0 Å². The minimum absolute atomic E-state index is 0.170. The first kappa shape index (κ1) is 13.5. The fourth-order valence-corrected chi connectivity index (χ4v) is 2.36. The van der Waals surface area contributed by atoms with E-state index in [4.69, 9.17) is 0 Å². The zero-order chi connectivity index (χ0) is 14.2. The number of nitrogens with zero attached hydrogens (tertiary/aromatic N) is 1. The summed E-state index contributed by atoms with van der Waals surface area (Å²) in [7, 11) is 0. The monoisotopic (exact) mass is 264 g/mol. The summed E-state index contributed by atoms with van der Waals surface area (Å²) in [5.41, 5.74) is -0.359. The quantitative estimate of drug-likeness (QED) is 0.828. The van der Waals surface area contributed by atoms with Crippen LogP contribution in [0.15, 0.2) is 18.2 Å². The topological polar surface area (TPSA) is 49.4 Å². The van der Waals surface area contributed by atoms with Crippen LogP contribution in [0.25, 0.3) is 0 Å². The Hall–Kier alpha value is -1.91. The molecule has 1 aliphatic rings. The molecule has 1 N–H and O–H groups in total. The van der Waals surface area contributed by atoms with Gasteiger partial charge in [0.15, 0.2) is 5.78 Å². The molecule has 1 aliphatic heterocycles. The lowest BCUT2D eigenvalue weighted by atomic mass is 9.95. The van der Waals surface area contributed by atoms with Crippen molar-refractivity contribution in [1.82, 2.24) is 5.32 Å². The minimum Gasteiger partial charge on any atom is -0.353 e. The maximum absolute atomic E-state index is 14.1. The molecule has 0 bridgehead atoms. The molecule has 0 saturated carbocycles. The van der Waals surface area contributed by atoms with E-state index in [0.717, 1.165) is 0 Å². The first-order valence-corrected chi connectivity index (χ1v) is 6.21. The molecule has 102 valence electrons. The number of Topliss-reactive ketones (excluding diaryl/α,β-unsaturated/α-hetero) is 1. The van der Waals surface area contributed by atoms with Gasteiger partial charge in [-0.15, -0.1) is 0 Å². The van der Waals surface area contributed by atoms with Gasteiger partial charge in [0.05, 0.1) is 5.69 Å². The van der Waals surface area contributed by atoms with Gasteiger partial charge in [0, 0.05) is 18.7 Å². The Morgan fingerprint density at radius 1 is 1.42 bits per heavy atom. The molecule has 1 heterocycles. The molecular formula is C14H17FN2O2. The van der Waals surface area contributed by atoms with Crippen LogP contribution >= 0.6 is 0 Å². The summed E-state index contributed by atoms with van der Waals surface area (Å²) >= 11 is 0. The normalized spacial score (nSPS) is 18.1. The van der Waals surface area contributed by atoms with E-state index in [-0.39, 0.29) is 17.4 Å². The summed E-state index contributed by atoms with van der Waals surface area (Å²) in [6.45, 7) is 5.75. The predicted octanol–water partition coefficient (Wildman–Crippen LogP) is 1.74. The average Bonchev–Trinajstić information content (AvgIpc) is 2.33. The Morgan fingerprint density at radius 2 is 2.11 bits per heavy atom. The third-order valence-corrected chi connectivity index (χ3v) is 3.49. The van der Waals surface area contributed by atoms with Crippen molar-refractivity contribution in [3.63, 3.8) is 0 Å². The van der Waals surface area contributed by atoms with Gasteiger partial charge in [0.25, 0.3) is 0 Å². The molecule has 0 radical (unpaired) electrons. The predicted molar refractivity (Wildman–Crippen MR) is 70.8 cm³/mol. The van der Waals surface area contributed by atoms with Crippen molar-refractivity contribution in [2.75, 3.05) is 18.0 Å². The second-order valence-corrected chi connectivity index (χ2v) is 5.16. The van der Waals surface area contributed by atoms with Gasteiger partial charge in [-0.2, -0.15) is 0 Å². The summed E-state index contributed by atoms with van der Waals surface area (Å²) in [5.74, 6) is -0.858. The van der Waals surface area contributed by atoms with Crippen molar-refractivity contribution in [3.8, 4) is 0 Å². The first-order chi connectivity index (χ1) is 8.85. The van der Waals surface area contributed by atoms with Gasteiger partial charge in [-0.3, -0.25) is 9.59 Å². The molecule has 1 amide bonds. The summed E-state index contributed by atoms with van der Waals surface area (Å²) in [6.07, 6.45) is 0. The summed E-state index contributed by atoms with van der Waals surface area (Å²) in [6, 6.07) is 4.40. The molecule has 4 nitrogen and oxygen atoms in total. The fourth-order valence-electron chi connectivity index (χ4n) is 2.36. The number of benzene rings is 1.